The lowest BCUT2D eigenvalue weighted by molar-refractivity contribution is -0.0517. The van der Waals surface area contributed by atoms with Crippen molar-refractivity contribution >= 4 is 42.2 Å². The van der Waals surface area contributed by atoms with Gasteiger partial charge in [-0.15, -0.1) is 0 Å². The number of rotatable bonds is 5. The van der Waals surface area contributed by atoms with Crippen LogP contribution in [0.1, 0.15) is 12.8 Å². The van der Waals surface area contributed by atoms with Gasteiger partial charge >= 0.3 is 0 Å². The number of ether oxygens (including phenoxy) is 1. The van der Waals surface area contributed by atoms with Crippen LogP contribution in [0.15, 0.2) is 35.2 Å². The highest BCUT2D eigenvalue weighted by atomic mass is 127. The zero-order valence-corrected chi connectivity index (χ0v) is 13.4. The Hall–Kier alpha value is 0.500. The molecular formula is C12H14FIO2S2. The maximum absolute atomic E-state index is 13.7. The first kappa shape index (κ1) is 14.9. The maximum Gasteiger partial charge on any atom is 0.111 e. The predicted molar refractivity (Wildman–Crippen MR) is 82.7 cm³/mol. The van der Waals surface area contributed by atoms with Crippen LogP contribution in [0.5, 0.6) is 0 Å². The van der Waals surface area contributed by atoms with Gasteiger partial charge in [-0.3, -0.25) is 0 Å². The average Bonchev–Trinajstić information content (AvgIpc) is 2.37. The van der Waals surface area contributed by atoms with Crippen molar-refractivity contribution in [3.05, 3.63) is 30.3 Å². The van der Waals surface area contributed by atoms with Crippen molar-refractivity contribution in [2.45, 2.75) is 35.4 Å². The number of benzene rings is 1. The second-order valence-corrected chi connectivity index (χ2v) is 6.71. The van der Waals surface area contributed by atoms with Crippen LogP contribution >= 0.6 is 42.2 Å². The van der Waals surface area contributed by atoms with E-state index < -0.39 is 6.17 Å². The SMILES string of the molecule is FC1CC(COSI)OC(Sc2ccccc2)C1. The van der Waals surface area contributed by atoms with Crippen LogP contribution in [0.25, 0.3) is 0 Å². The molecule has 0 amide bonds. The van der Waals surface area contributed by atoms with Gasteiger partial charge in [0.05, 0.1) is 21.9 Å². The van der Waals surface area contributed by atoms with Gasteiger partial charge in [-0.2, -0.15) is 0 Å². The molecule has 0 bridgehead atoms. The molecule has 2 nitrogen and oxygen atoms in total. The van der Waals surface area contributed by atoms with Gasteiger partial charge in [-0.25, -0.2) is 4.39 Å². The summed E-state index contributed by atoms with van der Waals surface area (Å²) in [6, 6.07) is 9.96. The fraction of sp³-hybridized carbons (Fsp3) is 0.500. The Kier molecular flexibility index (Phi) is 6.57. The third-order valence-electron chi connectivity index (χ3n) is 2.62. The Morgan fingerprint density at radius 1 is 1.33 bits per heavy atom. The van der Waals surface area contributed by atoms with E-state index in [1.54, 1.807) is 11.8 Å². The van der Waals surface area contributed by atoms with E-state index in [-0.39, 0.29) is 11.5 Å². The molecule has 3 atom stereocenters. The van der Waals surface area contributed by atoms with Gasteiger partial charge in [-0.05, 0) is 12.1 Å². The zero-order chi connectivity index (χ0) is 12.8. The molecule has 18 heavy (non-hydrogen) atoms. The molecule has 1 aliphatic rings. The second kappa shape index (κ2) is 7.94. The molecule has 1 fully saturated rings. The molecule has 3 unspecified atom stereocenters. The summed E-state index contributed by atoms with van der Waals surface area (Å²) in [6.07, 6.45) is -0.0544. The van der Waals surface area contributed by atoms with Crippen LogP contribution in [0.2, 0.25) is 0 Å². The topological polar surface area (TPSA) is 18.5 Å². The summed E-state index contributed by atoms with van der Waals surface area (Å²) in [5, 5.41) is 0. The van der Waals surface area contributed by atoms with Crippen molar-refractivity contribution in [1.29, 1.82) is 0 Å². The maximum atomic E-state index is 13.7. The van der Waals surface area contributed by atoms with Gasteiger partial charge in [0.15, 0.2) is 0 Å². The number of halogens is 2. The minimum atomic E-state index is -0.798. The van der Waals surface area contributed by atoms with Crippen LogP contribution in [-0.2, 0) is 8.92 Å². The Bertz CT molecular complexity index is 355. The standard InChI is InChI=1S/C12H14FIO2S2/c13-9-6-10(8-15-18-14)16-12(7-9)17-11-4-2-1-3-5-11/h1-5,9-10,12H,6-8H2. The Balaban J connectivity index is 1.88. The van der Waals surface area contributed by atoms with E-state index in [0.29, 0.717) is 19.4 Å². The molecule has 0 radical (unpaired) electrons. The predicted octanol–water partition coefficient (Wildman–Crippen LogP) is 4.64. The lowest BCUT2D eigenvalue weighted by Gasteiger charge is -2.31. The summed E-state index contributed by atoms with van der Waals surface area (Å²) in [7, 11) is 1.26. The van der Waals surface area contributed by atoms with Crippen LogP contribution in [0, 0.1) is 0 Å². The van der Waals surface area contributed by atoms with Crippen molar-refractivity contribution in [1.82, 2.24) is 0 Å². The Labute approximate surface area is 127 Å². The lowest BCUT2D eigenvalue weighted by Crippen LogP contribution is -2.34. The fourth-order valence-electron chi connectivity index (χ4n) is 1.85. The average molecular weight is 400 g/mol. The van der Waals surface area contributed by atoms with E-state index in [0.717, 1.165) is 4.90 Å². The van der Waals surface area contributed by atoms with E-state index in [9.17, 15) is 4.39 Å². The van der Waals surface area contributed by atoms with Gasteiger partial charge in [-0.1, -0.05) is 30.0 Å². The van der Waals surface area contributed by atoms with Gasteiger partial charge < -0.3 is 8.92 Å². The molecule has 100 valence electrons. The normalized spacial score (nSPS) is 28.2. The molecule has 1 aromatic carbocycles. The van der Waals surface area contributed by atoms with E-state index in [4.69, 9.17) is 8.92 Å². The van der Waals surface area contributed by atoms with Crippen molar-refractivity contribution in [2.75, 3.05) is 6.61 Å². The first-order chi connectivity index (χ1) is 8.78. The summed E-state index contributed by atoms with van der Waals surface area (Å²) in [5.41, 5.74) is -0.121. The molecule has 0 spiro atoms. The smallest absolute Gasteiger partial charge is 0.111 e. The fourth-order valence-corrected chi connectivity index (χ4v) is 3.63. The molecule has 1 aromatic rings. The summed E-state index contributed by atoms with van der Waals surface area (Å²) < 4.78 is 24.7. The molecule has 0 aliphatic carbocycles. The molecule has 1 aliphatic heterocycles. The quantitative estimate of drug-likeness (QED) is 0.530. The van der Waals surface area contributed by atoms with Crippen molar-refractivity contribution in [3.8, 4) is 0 Å². The summed E-state index contributed by atoms with van der Waals surface area (Å²) >= 11 is 3.63. The minimum absolute atomic E-state index is 0.121. The third-order valence-corrected chi connectivity index (χ3v) is 4.72. The highest BCUT2D eigenvalue weighted by Gasteiger charge is 2.30. The van der Waals surface area contributed by atoms with Crippen LogP contribution in [-0.4, -0.2) is 24.3 Å². The number of alkyl halides is 1. The number of hydrogen-bond donors (Lipinski definition) is 0. The number of hydrogen-bond acceptors (Lipinski definition) is 4. The molecular weight excluding hydrogens is 386 g/mol. The molecule has 6 heteroatoms. The first-order valence-corrected chi connectivity index (χ1v) is 9.85. The van der Waals surface area contributed by atoms with E-state index >= 15 is 0 Å². The molecule has 0 N–H and O–H groups in total. The Morgan fingerprint density at radius 2 is 2.11 bits per heavy atom. The third kappa shape index (κ3) is 4.88. The molecule has 0 aromatic heterocycles. The Morgan fingerprint density at radius 3 is 2.83 bits per heavy atom. The summed E-state index contributed by atoms with van der Waals surface area (Å²) in [4.78, 5) is 1.11. The van der Waals surface area contributed by atoms with Crippen molar-refractivity contribution in [2.24, 2.45) is 0 Å². The number of thioether (sulfide) groups is 1. The van der Waals surface area contributed by atoms with Gasteiger partial charge in [0.25, 0.3) is 0 Å². The molecule has 1 saturated heterocycles. The summed E-state index contributed by atoms with van der Waals surface area (Å²) in [6.45, 7) is 0.444. The van der Waals surface area contributed by atoms with Crippen molar-refractivity contribution in [3.63, 3.8) is 0 Å². The van der Waals surface area contributed by atoms with Crippen LogP contribution in [0.4, 0.5) is 4.39 Å². The van der Waals surface area contributed by atoms with E-state index in [1.165, 1.54) is 9.21 Å². The summed E-state index contributed by atoms with van der Waals surface area (Å²) in [5.74, 6) is 0. The largest absolute Gasteiger partial charge is 0.361 e. The van der Waals surface area contributed by atoms with Crippen LogP contribution < -0.4 is 0 Å². The van der Waals surface area contributed by atoms with Crippen molar-refractivity contribution < 1.29 is 13.3 Å². The van der Waals surface area contributed by atoms with Crippen LogP contribution in [0.3, 0.4) is 0 Å². The van der Waals surface area contributed by atoms with Gasteiger partial charge in [0.2, 0.25) is 0 Å². The zero-order valence-electron chi connectivity index (χ0n) is 9.63. The minimum Gasteiger partial charge on any atom is -0.361 e. The highest BCUT2D eigenvalue weighted by molar-refractivity contribution is 14.2. The first-order valence-electron chi connectivity index (χ1n) is 5.69. The second-order valence-electron chi connectivity index (χ2n) is 4.03. The van der Waals surface area contributed by atoms with E-state index in [2.05, 4.69) is 21.2 Å². The van der Waals surface area contributed by atoms with Gasteiger partial charge in [0.1, 0.15) is 11.6 Å². The molecule has 2 rings (SSSR count). The molecule has 1 heterocycles. The lowest BCUT2D eigenvalue weighted by atomic mass is 10.1. The monoisotopic (exact) mass is 400 g/mol. The molecule has 0 saturated carbocycles. The van der Waals surface area contributed by atoms with Gasteiger partial charge in [0, 0.05) is 38.9 Å². The highest BCUT2D eigenvalue weighted by Crippen LogP contribution is 2.34. The van der Waals surface area contributed by atoms with E-state index in [1.807, 2.05) is 30.3 Å².